The number of benzene rings is 8. The zero-order chi connectivity index (χ0) is 84.0. The van der Waals surface area contributed by atoms with E-state index in [1.807, 2.05) is 17.7 Å². The third kappa shape index (κ3) is 21.0. The predicted molar refractivity (Wildman–Crippen MR) is 488 cm³/mol. The van der Waals surface area contributed by atoms with Crippen LogP contribution in [-0.4, -0.2) is 0 Å². The molecule has 0 bridgehead atoms. The average molecular weight is 1500 g/mol. The maximum absolute atomic E-state index is 8.65. The summed E-state index contributed by atoms with van der Waals surface area (Å²) in [6.07, 6.45) is 4.87. The lowest BCUT2D eigenvalue weighted by atomic mass is 9.84. The van der Waals surface area contributed by atoms with Crippen molar-refractivity contribution in [3.8, 4) is 45.0 Å². The number of hydrogen-bond acceptors (Lipinski definition) is 0. The molecule has 0 unspecified atom stereocenters. The Morgan fingerprint density at radius 2 is 0.625 bits per heavy atom. The standard InChI is InChI=1S/C28H38N.2C27H36N.C26H34N/c1-18(2)23-15-25(19(3)4)20(5)26(16-23)27-24-11-10-21(17-28(6,7)8)14-22(24)12-13-29(27)9;1-18-10-12-22(27(6,7)8)16-24(18)25-23-13-11-20(17-26(3,4)5)15-21(23)14-19(2)28(25)9;1-17(2)22-12-18(3)20(5)25(15-22)26-24-11-10-21(16-27(6,7)8)14-23(24)13-19(4)28(26)9;1-17(2)21-11-9-18(3)24(15-21)25-23-12-10-20(16-26(5,6)7)14-22(23)13-19(4)27(25)8/h10-16,18-19H,17H2,1-9H3;10-16H,17H2,1-9H3;10-15,17H,16H2,1-9H3;9-15,17H,16H2,1-8H3/q4*+1/i13D;;;. The largest absolute Gasteiger partial charge is 0.220 e. The second-order valence-electron chi connectivity index (χ2n) is 40.7. The van der Waals surface area contributed by atoms with E-state index in [1.165, 1.54) is 172 Å². The molecule has 0 aliphatic heterocycles. The lowest BCUT2D eigenvalue weighted by molar-refractivity contribution is -0.665. The van der Waals surface area contributed by atoms with Crippen LogP contribution in [-0.2, 0) is 59.3 Å². The van der Waals surface area contributed by atoms with Gasteiger partial charge in [0.2, 0.25) is 22.8 Å². The highest BCUT2D eigenvalue weighted by Gasteiger charge is 2.29. The van der Waals surface area contributed by atoms with Gasteiger partial charge in [-0.2, -0.15) is 13.7 Å². The summed E-state index contributed by atoms with van der Waals surface area (Å²) < 4.78 is 17.7. The zero-order valence-electron chi connectivity index (χ0n) is 77.4. The van der Waals surface area contributed by atoms with Crippen molar-refractivity contribution in [3.05, 3.63) is 259 Å². The van der Waals surface area contributed by atoms with E-state index in [2.05, 4.69) is 401 Å². The number of hydrogen-bond donors (Lipinski definition) is 0. The minimum Gasteiger partial charge on any atom is -0.200 e. The van der Waals surface area contributed by atoms with Crippen molar-refractivity contribution >= 4 is 43.1 Å². The molecule has 112 heavy (non-hydrogen) atoms. The van der Waals surface area contributed by atoms with Crippen molar-refractivity contribution in [2.24, 2.45) is 49.9 Å². The molecule has 0 spiro atoms. The average Bonchev–Trinajstić information content (AvgIpc) is 0.782. The van der Waals surface area contributed by atoms with Crippen LogP contribution in [0.25, 0.3) is 88.1 Å². The van der Waals surface area contributed by atoms with Crippen molar-refractivity contribution < 1.29 is 19.6 Å². The molecule has 592 valence electrons. The molecule has 12 aromatic rings. The Morgan fingerprint density at radius 3 is 0.991 bits per heavy atom. The topological polar surface area (TPSA) is 15.5 Å². The number of aromatic nitrogens is 4. The fraction of sp³-hybridized carbons (Fsp3) is 0.444. The minimum absolute atomic E-state index is 0.139. The molecule has 8 aromatic carbocycles. The monoisotopic (exact) mass is 1500 g/mol. The van der Waals surface area contributed by atoms with Gasteiger partial charge in [-0.1, -0.05) is 244 Å². The first-order valence-electron chi connectivity index (χ1n) is 42.5. The normalized spacial score (nSPS) is 12.5. The number of pyridine rings is 4. The molecule has 0 atom stereocenters. The van der Waals surface area contributed by atoms with Gasteiger partial charge in [0.05, 0.1) is 38.2 Å². The first kappa shape index (κ1) is 85.8. The fourth-order valence-corrected chi connectivity index (χ4v) is 16.4. The van der Waals surface area contributed by atoms with Crippen molar-refractivity contribution in [2.45, 2.75) is 269 Å². The molecule has 4 heterocycles. The second-order valence-corrected chi connectivity index (χ2v) is 40.7. The van der Waals surface area contributed by atoms with E-state index in [-0.39, 0.29) is 10.8 Å². The Hall–Kier alpha value is -8.60. The number of nitrogens with zero attached hydrogens (tertiary/aromatic N) is 4. The quantitative estimate of drug-likeness (QED) is 0.108. The van der Waals surface area contributed by atoms with Gasteiger partial charge < -0.3 is 0 Å². The molecule has 0 N–H and O–H groups in total. The third-order valence-corrected chi connectivity index (χ3v) is 23.0. The lowest BCUT2D eigenvalue weighted by Gasteiger charge is -2.21. The number of fused-ring (bicyclic) bond motifs is 4. The van der Waals surface area contributed by atoms with Gasteiger partial charge in [0.1, 0.15) is 29.6 Å². The maximum atomic E-state index is 8.65. The molecule has 0 aliphatic rings. The summed E-state index contributed by atoms with van der Waals surface area (Å²) in [5.74, 6) is 1.99. The first-order chi connectivity index (χ1) is 52.3. The van der Waals surface area contributed by atoms with E-state index in [0.717, 1.165) is 36.8 Å². The van der Waals surface area contributed by atoms with E-state index in [9.17, 15) is 0 Å². The molecule has 0 saturated heterocycles. The Balaban J connectivity index is 0.000000173. The van der Waals surface area contributed by atoms with E-state index in [4.69, 9.17) is 1.37 Å². The minimum atomic E-state index is 0.139. The van der Waals surface area contributed by atoms with Crippen LogP contribution in [0.3, 0.4) is 0 Å². The summed E-state index contributed by atoms with van der Waals surface area (Å²) in [5.41, 5.74) is 34.9. The molecule has 0 amide bonds. The summed E-state index contributed by atoms with van der Waals surface area (Å²) in [6, 6.07) is 60.3. The SMILES string of the molecule is Cc1cc(C(C)C)cc(-c2c3ccc(CC(C)(C)C)cc3cc(C)[n+]2C)c1C.Cc1ccc(C(C)(C)C)cc1-c1c2ccc(CC(C)(C)C)cc2cc(C)[n+]1C.Cc1ccc(C(C)C)cc1-c1c2ccc(CC(C)(C)C)cc2cc(C)[n+]1C.[2H]c1cc2cc(CC(C)(C)C)ccc2c(-c2cc(C(C)C)cc(C(C)C)c2C)[n+]1C. The van der Waals surface area contributed by atoms with Crippen LogP contribution in [0, 0.1) is 77.0 Å². The van der Waals surface area contributed by atoms with E-state index < -0.39 is 0 Å². The molecular weight excluding hydrogens is 1350 g/mol. The third-order valence-electron chi connectivity index (χ3n) is 23.0. The van der Waals surface area contributed by atoms with Gasteiger partial charge >= 0.3 is 0 Å². The number of aryl methyl sites for hydroxylation is 6. The summed E-state index contributed by atoms with van der Waals surface area (Å²) >= 11 is 0. The van der Waals surface area contributed by atoms with Crippen molar-refractivity contribution in [3.63, 3.8) is 0 Å². The van der Waals surface area contributed by atoms with Gasteiger partial charge in [0.25, 0.3) is 0 Å². The number of rotatable bonds is 12. The van der Waals surface area contributed by atoms with E-state index in [1.54, 1.807) is 0 Å². The van der Waals surface area contributed by atoms with Crippen LogP contribution in [0.1, 0.15) is 279 Å². The van der Waals surface area contributed by atoms with Crippen molar-refractivity contribution in [1.82, 2.24) is 0 Å². The highest BCUT2D eigenvalue weighted by Crippen LogP contribution is 2.41. The Kier molecular flexibility index (Phi) is 26.2. The van der Waals surface area contributed by atoms with Crippen molar-refractivity contribution in [2.75, 3.05) is 0 Å². The highest BCUT2D eigenvalue weighted by atomic mass is 15.0. The van der Waals surface area contributed by atoms with Crippen LogP contribution in [0.5, 0.6) is 0 Å². The molecule has 4 nitrogen and oxygen atoms in total. The van der Waals surface area contributed by atoms with Crippen LogP contribution in [0.2, 0.25) is 0 Å². The molecule has 0 saturated carbocycles. The summed E-state index contributed by atoms with van der Waals surface area (Å²) in [7, 11) is 8.60. The lowest BCUT2D eigenvalue weighted by Crippen LogP contribution is -2.35. The molecule has 0 radical (unpaired) electrons. The second kappa shape index (κ2) is 34.2. The van der Waals surface area contributed by atoms with Crippen LogP contribution in [0.4, 0.5) is 0 Å². The fourth-order valence-electron chi connectivity index (χ4n) is 16.4. The van der Waals surface area contributed by atoms with Gasteiger partial charge in [-0.25, -0.2) is 4.57 Å². The Bertz CT molecular complexity index is 5500. The summed E-state index contributed by atoms with van der Waals surface area (Å²) in [5, 5.41) is 10.4. The summed E-state index contributed by atoms with van der Waals surface area (Å²) in [6.45, 7) is 70.4. The molecule has 0 fully saturated rings. The Labute approximate surface area is 681 Å². The van der Waals surface area contributed by atoms with Crippen LogP contribution >= 0.6 is 0 Å². The first-order valence-corrected chi connectivity index (χ1v) is 42.0. The predicted octanol–water partition coefficient (Wildman–Crippen LogP) is 27.9. The molecular formula is C108H144N4+4. The molecule has 12 rings (SSSR count). The van der Waals surface area contributed by atoms with Crippen LogP contribution < -0.4 is 18.3 Å². The van der Waals surface area contributed by atoms with E-state index in [0.29, 0.717) is 46.1 Å². The molecule has 4 aromatic heterocycles. The maximum Gasteiger partial charge on any atom is 0.220 e. The molecule has 4 heteroatoms. The van der Waals surface area contributed by atoms with Gasteiger partial charge in [-0.15, -0.1) is 0 Å². The van der Waals surface area contributed by atoms with Crippen molar-refractivity contribution in [1.29, 1.82) is 0 Å². The molecule has 0 aliphatic carbocycles. The smallest absolute Gasteiger partial charge is 0.200 e. The Morgan fingerprint density at radius 1 is 0.295 bits per heavy atom. The summed E-state index contributed by atoms with van der Waals surface area (Å²) in [4.78, 5) is 0. The zero-order valence-corrected chi connectivity index (χ0v) is 76.4. The van der Waals surface area contributed by atoms with Crippen LogP contribution in [0.15, 0.2) is 164 Å². The van der Waals surface area contributed by atoms with Gasteiger partial charge in [-0.3, -0.25) is 0 Å². The van der Waals surface area contributed by atoms with Gasteiger partial charge in [0.15, 0.2) is 23.3 Å². The highest BCUT2D eigenvalue weighted by molar-refractivity contribution is 5.98. The van der Waals surface area contributed by atoms with Gasteiger partial charge in [0, 0.05) is 50.6 Å². The van der Waals surface area contributed by atoms with E-state index >= 15 is 0 Å². The van der Waals surface area contributed by atoms with Gasteiger partial charge in [-0.05, 0) is 259 Å².